The fourth-order valence-electron chi connectivity index (χ4n) is 5.40. The summed E-state index contributed by atoms with van der Waals surface area (Å²) < 4.78 is 18.4. The highest BCUT2D eigenvalue weighted by Crippen LogP contribution is 2.31. The maximum absolute atomic E-state index is 12.6. The van der Waals surface area contributed by atoms with E-state index in [0.717, 1.165) is 72.8 Å². The van der Waals surface area contributed by atoms with Crippen LogP contribution in [-0.4, -0.2) is 41.9 Å². The van der Waals surface area contributed by atoms with Crippen molar-refractivity contribution in [3.63, 3.8) is 0 Å². The molecule has 40 heavy (non-hydrogen) atoms. The Morgan fingerprint density at radius 3 is 2.62 bits per heavy atom. The first-order valence-corrected chi connectivity index (χ1v) is 13.8. The number of nitrogens with zero attached hydrogens (tertiary/aromatic N) is 2. The number of hydrogen-bond donors (Lipinski definition) is 1. The monoisotopic (exact) mass is 541 g/mol. The zero-order valence-corrected chi connectivity index (χ0v) is 23.0. The van der Waals surface area contributed by atoms with E-state index in [-0.39, 0.29) is 6.10 Å². The molecule has 0 atom stereocenters. The first kappa shape index (κ1) is 27.2. The summed E-state index contributed by atoms with van der Waals surface area (Å²) in [4.78, 5) is 29.0. The van der Waals surface area contributed by atoms with Crippen molar-refractivity contribution in [1.29, 1.82) is 0 Å². The molecule has 0 radical (unpaired) electrons. The minimum atomic E-state index is -0.414. The number of anilines is 1. The quantitative estimate of drug-likeness (QED) is 0.229. The topological polar surface area (TPSA) is 91.7 Å². The fraction of sp³-hybridized carbons (Fsp3) is 0.344. The Kier molecular flexibility index (Phi) is 8.64. The Balaban J connectivity index is 1.42. The molecule has 208 valence electrons. The molecular formula is C32H35N3O5. The van der Waals surface area contributed by atoms with E-state index in [1.165, 1.54) is 7.11 Å². The first-order valence-electron chi connectivity index (χ1n) is 13.8. The molecule has 1 saturated carbocycles. The lowest BCUT2D eigenvalue weighted by Crippen LogP contribution is -2.20. The van der Waals surface area contributed by atoms with Gasteiger partial charge in [0.15, 0.2) is 0 Å². The number of ether oxygens (including phenoxy) is 3. The summed E-state index contributed by atoms with van der Waals surface area (Å²) in [5, 5.41) is 3.96. The van der Waals surface area contributed by atoms with Gasteiger partial charge in [-0.15, -0.1) is 0 Å². The van der Waals surface area contributed by atoms with Crippen LogP contribution in [0.25, 0.3) is 10.9 Å². The summed E-state index contributed by atoms with van der Waals surface area (Å²) in [6, 6.07) is 17.3. The third-order valence-corrected chi connectivity index (χ3v) is 7.43. The molecular weight excluding hydrogens is 506 g/mol. The van der Waals surface area contributed by atoms with Crippen LogP contribution < -0.4 is 10.1 Å². The van der Waals surface area contributed by atoms with Crippen LogP contribution in [0, 0.1) is 0 Å². The molecule has 4 aromatic rings. The molecule has 1 aliphatic carbocycles. The number of esters is 1. The number of carbonyl (C=O) groups excluding carboxylic acids is 2. The van der Waals surface area contributed by atoms with Crippen LogP contribution >= 0.6 is 0 Å². The number of methoxy groups -OCH3 is 2. The van der Waals surface area contributed by atoms with Gasteiger partial charge >= 0.3 is 12.1 Å². The summed E-state index contributed by atoms with van der Waals surface area (Å²) in [5.74, 6) is 0.211. The molecule has 1 aliphatic rings. The summed E-state index contributed by atoms with van der Waals surface area (Å²) in [7, 11) is 2.96. The first-order chi connectivity index (χ1) is 19.5. The fourth-order valence-corrected chi connectivity index (χ4v) is 5.40. The zero-order valence-electron chi connectivity index (χ0n) is 23.0. The minimum Gasteiger partial charge on any atom is -0.496 e. The van der Waals surface area contributed by atoms with E-state index in [0.29, 0.717) is 23.4 Å². The van der Waals surface area contributed by atoms with Crippen molar-refractivity contribution in [2.45, 2.75) is 57.6 Å². The number of aromatic nitrogens is 2. The molecule has 0 saturated heterocycles. The van der Waals surface area contributed by atoms with E-state index in [2.05, 4.69) is 21.1 Å². The number of amides is 1. The number of nitrogens with one attached hydrogen (secondary N) is 1. The normalized spacial score (nSPS) is 13.3. The summed E-state index contributed by atoms with van der Waals surface area (Å²) in [5.41, 5.74) is 5.31. The molecule has 5 rings (SSSR count). The van der Waals surface area contributed by atoms with Crippen LogP contribution in [-0.2, 0) is 28.9 Å². The predicted octanol–water partition coefficient (Wildman–Crippen LogP) is 6.55. The van der Waals surface area contributed by atoms with E-state index in [9.17, 15) is 9.59 Å². The van der Waals surface area contributed by atoms with Gasteiger partial charge in [0.2, 0.25) is 0 Å². The van der Waals surface area contributed by atoms with Crippen LogP contribution in [0.1, 0.15) is 59.3 Å². The van der Waals surface area contributed by atoms with E-state index in [1.807, 2.05) is 48.7 Å². The van der Waals surface area contributed by atoms with Gasteiger partial charge in [-0.05, 0) is 92.1 Å². The second-order valence-electron chi connectivity index (χ2n) is 10.1. The molecule has 0 spiro atoms. The highest BCUT2D eigenvalue weighted by atomic mass is 16.6. The Hall–Kier alpha value is -4.33. The van der Waals surface area contributed by atoms with Gasteiger partial charge in [-0.1, -0.05) is 12.1 Å². The smallest absolute Gasteiger partial charge is 0.411 e. The summed E-state index contributed by atoms with van der Waals surface area (Å²) in [6.07, 6.45) is 10.0. The molecule has 8 nitrogen and oxygen atoms in total. The van der Waals surface area contributed by atoms with E-state index >= 15 is 0 Å². The van der Waals surface area contributed by atoms with Crippen molar-refractivity contribution in [3.8, 4) is 5.75 Å². The SMILES string of the molecule is COC(=O)c1ccc(Cc2cn(CCCc3ccccn3)c3ccc(NC(=O)OC4CCCC4)cc23)c(OC)c1. The third-order valence-electron chi connectivity index (χ3n) is 7.43. The number of rotatable bonds is 10. The van der Waals surface area contributed by atoms with E-state index in [1.54, 1.807) is 19.2 Å². The number of aryl methyl sites for hydroxylation is 2. The van der Waals surface area contributed by atoms with E-state index < -0.39 is 12.1 Å². The third kappa shape index (κ3) is 6.45. The van der Waals surface area contributed by atoms with Gasteiger partial charge in [-0.3, -0.25) is 10.3 Å². The lowest BCUT2D eigenvalue weighted by Gasteiger charge is -2.13. The molecule has 2 aromatic heterocycles. The number of benzene rings is 2. The lowest BCUT2D eigenvalue weighted by molar-refractivity contribution is 0.0600. The Labute approximate surface area is 234 Å². The van der Waals surface area contributed by atoms with Crippen molar-refractivity contribution < 1.29 is 23.8 Å². The van der Waals surface area contributed by atoms with Gasteiger partial charge < -0.3 is 18.8 Å². The average Bonchev–Trinajstić information content (AvgIpc) is 3.61. The van der Waals surface area contributed by atoms with Gasteiger partial charge in [-0.2, -0.15) is 0 Å². The molecule has 2 aromatic carbocycles. The minimum absolute atomic E-state index is 0.0000867. The number of fused-ring (bicyclic) bond motifs is 1. The number of pyridine rings is 1. The Morgan fingerprint density at radius 1 is 1.02 bits per heavy atom. The molecule has 1 N–H and O–H groups in total. The van der Waals surface area contributed by atoms with E-state index in [4.69, 9.17) is 14.2 Å². The molecule has 0 bridgehead atoms. The van der Waals surface area contributed by atoms with Gasteiger partial charge in [0.05, 0.1) is 19.8 Å². The van der Waals surface area contributed by atoms with Crippen molar-refractivity contribution in [2.75, 3.05) is 19.5 Å². The highest BCUT2D eigenvalue weighted by Gasteiger charge is 2.20. The van der Waals surface area contributed by atoms with Gasteiger partial charge in [0.1, 0.15) is 11.9 Å². The molecule has 0 aliphatic heterocycles. The second-order valence-corrected chi connectivity index (χ2v) is 10.1. The summed E-state index contributed by atoms with van der Waals surface area (Å²) >= 11 is 0. The Bertz CT molecular complexity index is 1470. The van der Waals surface area contributed by atoms with Crippen molar-refractivity contribution in [3.05, 3.63) is 89.4 Å². The maximum atomic E-state index is 12.6. The van der Waals surface area contributed by atoms with Crippen LogP contribution in [0.4, 0.5) is 10.5 Å². The van der Waals surface area contributed by atoms with Gasteiger partial charge in [0.25, 0.3) is 0 Å². The largest absolute Gasteiger partial charge is 0.496 e. The lowest BCUT2D eigenvalue weighted by atomic mass is 10.0. The maximum Gasteiger partial charge on any atom is 0.411 e. The van der Waals surface area contributed by atoms with Crippen molar-refractivity contribution in [1.82, 2.24) is 9.55 Å². The Morgan fingerprint density at radius 2 is 1.88 bits per heavy atom. The van der Waals surface area contributed by atoms with Crippen LogP contribution in [0.15, 0.2) is 67.0 Å². The second kappa shape index (κ2) is 12.7. The van der Waals surface area contributed by atoms with Crippen LogP contribution in [0.5, 0.6) is 5.75 Å². The predicted molar refractivity (Wildman–Crippen MR) is 154 cm³/mol. The average molecular weight is 542 g/mol. The number of carbonyl (C=O) groups is 2. The molecule has 0 unspecified atom stereocenters. The van der Waals surface area contributed by atoms with Crippen molar-refractivity contribution in [2.24, 2.45) is 0 Å². The molecule has 1 fully saturated rings. The molecule has 2 heterocycles. The summed E-state index contributed by atoms with van der Waals surface area (Å²) in [6.45, 7) is 0.821. The highest BCUT2D eigenvalue weighted by molar-refractivity contribution is 5.92. The van der Waals surface area contributed by atoms with Gasteiger partial charge in [-0.25, -0.2) is 9.59 Å². The standard InChI is InChI=1S/C32H35N3O5/c1-38-30-19-23(31(36)39-2)13-12-22(30)18-24-21-35(17-7-9-25-8-5-6-16-33-25)29-15-14-26(20-28(24)29)34-32(37)40-27-10-3-4-11-27/h5-6,8,12-16,19-21,27H,3-4,7,9-11,17-18H2,1-2H3,(H,34,37). The van der Waals surface area contributed by atoms with Gasteiger partial charge in [0, 0.05) is 47.6 Å². The molecule has 8 heteroatoms. The van der Waals surface area contributed by atoms with Crippen molar-refractivity contribution >= 4 is 28.7 Å². The van der Waals surface area contributed by atoms with Crippen LogP contribution in [0.3, 0.4) is 0 Å². The zero-order chi connectivity index (χ0) is 27.9. The van der Waals surface area contributed by atoms with Crippen LogP contribution in [0.2, 0.25) is 0 Å². The molecule has 1 amide bonds. The number of hydrogen-bond acceptors (Lipinski definition) is 6.